The number of nitrogens with one attached hydrogen (secondary N) is 2. The molecule has 56 valence electrons. The van der Waals surface area contributed by atoms with Crippen LogP contribution in [0.1, 0.15) is 12.8 Å². The molecule has 0 aromatic carbocycles. The molecule has 10 heavy (non-hydrogen) atoms. The van der Waals surface area contributed by atoms with Gasteiger partial charge in [0, 0.05) is 13.0 Å². The van der Waals surface area contributed by atoms with Crippen molar-refractivity contribution in [3.8, 4) is 12.3 Å². The molecule has 0 spiro atoms. The van der Waals surface area contributed by atoms with Crippen LogP contribution >= 0.6 is 12.2 Å². The van der Waals surface area contributed by atoms with Gasteiger partial charge >= 0.3 is 0 Å². The first-order valence-corrected chi connectivity index (χ1v) is 3.40. The predicted octanol–water partition coefficient (Wildman–Crippen LogP) is -0.262. The number of unbranched alkanes of at least 4 members (excludes halogenated alkanes) is 1. The molecule has 0 aliphatic rings. The summed E-state index contributed by atoms with van der Waals surface area (Å²) in [6.45, 7) is 0.771. The zero-order valence-corrected chi connectivity index (χ0v) is 6.50. The maximum absolute atomic E-state index is 5.03. The number of rotatable bonds is 3. The highest BCUT2D eigenvalue weighted by atomic mass is 32.1. The molecule has 0 heterocycles. The Morgan fingerprint density at radius 1 is 1.70 bits per heavy atom. The van der Waals surface area contributed by atoms with Gasteiger partial charge in [0.05, 0.1) is 0 Å². The van der Waals surface area contributed by atoms with Crippen LogP contribution in [-0.2, 0) is 0 Å². The Bertz CT molecular complexity index is 138. The number of hydrogen-bond acceptors (Lipinski definition) is 2. The predicted molar refractivity (Wildman–Crippen MR) is 46.0 cm³/mol. The molecule has 0 aliphatic heterocycles. The summed E-state index contributed by atoms with van der Waals surface area (Å²) in [6.07, 6.45) is 6.71. The van der Waals surface area contributed by atoms with Crippen LogP contribution in [0.2, 0.25) is 0 Å². The van der Waals surface area contributed by atoms with E-state index in [0.717, 1.165) is 19.4 Å². The molecule has 0 radical (unpaired) electrons. The van der Waals surface area contributed by atoms with Crippen molar-refractivity contribution in [3.63, 3.8) is 0 Å². The van der Waals surface area contributed by atoms with Crippen molar-refractivity contribution in [2.24, 2.45) is 5.84 Å². The van der Waals surface area contributed by atoms with Gasteiger partial charge in [-0.3, -0.25) is 0 Å². The Morgan fingerprint density at radius 2 is 2.40 bits per heavy atom. The third-order valence-electron chi connectivity index (χ3n) is 0.915. The van der Waals surface area contributed by atoms with E-state index < -0.39 is 0 Å². The van der Waals surface area contributed by atoms with Crippen LogP contribution in [0.15, 0.2) is 0 Å². The second kappa shape index (κ2) is 6.33. The van der Waals surface area contributed by atoms with Gasteiger partial charge in [0.15, 0.2) is 5.11 Å². The summed E-state index contributed by atoms with van der Waals surface area (Å²) in [4.78, 5) is 0. The first-order valence-electron chi connectivity index (χ1n) is 2.99. The van der Waals surface area contributed by atoms with Crippen molar-refractivity contribution in [1.82, 2.24) is 10.7 Å². The first kappa shape index (κ1) is 9.21. The molecule has 3 nitrogen and oxygen atoms in total. The van der Waals surface area contributed by atoms with E-state index in [9.17, 15) is 0 Å². The summed E-state index contributed by atoms with van der Waals surface area (Å²) < 4.78 is 0. The van der Waals surface area contributed by atoms with Crippen molar-refractivity contribution in [1.29, 1.82) is 0 Å². The summed E-state index contributed by atoms with van der Waals surface area (Å²) in [5.74, 6) is 7.52. The molecule has 0 aliphatic carbocycles. The Balaban J connectivity index is 3.05. The molecule has 4 N–H and O–H groups in total. The maximum atomic E-state index is 5.03. The Labute approximate surface area is 66.3 Å². The quantitative estimate of drug-likeness (QED) is 0.174. The zero-order valence-electron chi connectivity index (χ0n) is 5.68. The normalized spacial score (nSPS) is 8.00. The van der Waals surface area contributed by atoms with Gasteiger partial charge in [-0.15, -0.1) is 12.3 Å². The SMILES string of the molecule is C#CCCCNC(=S)NN. The van der Waals surface area contributed by atoms with Crippen LogP contribution in [0, 0.1) is 12.3 Å². The lowest BCUT2D eigenvalue weighted by molar-refractivity contribution is 0.782. The standard InChI is InChI=1S/C6H11N3S/c1-2-3-4-5-8-6(10)9-7/h1H,3-5,7H2,(H2,8,9,10). The average molecular weight is 157 g/mol. The van der Waals surface area contributed by atoms with Crippen LogP contribution in [0.4, 0.5) is 0 Å². The van der Waals surface area contributed by atoms with Crippen LogP contribution in [-0.4, -0.2) is 11.7 Å². The number of thiocarbonyl (C=S) groups is 1. The fraction of sp³-hybridized carbons (Fsp3) is 0.500. The van der Waals surface area contributed by atoms with Crippen LogP contribution < -0.4 is 16.6 Å². The molecule has 0 amide bonds. The van der Waals surface area contributed by atoms with E-state index >= 15 is 0 Å². The molecule has 0 bridgehead atoms. The lowest BCUT2D eigenvalue weighted by Gasteiger charge is -2.03. The van der Waals surface area contributed by atoms with Crippen LogP contribution in [0.5, 0.6) is 0 Å². The van der Waals surface area contributed by atoms with Crippen molar-refractivity contribution in [2.45, 2.75) is 12.8 Å². The minimum Gasteiger partial charge on any atom is -0.362 e. The van der Waals surface area contributed by atoms with Gasteiger partial charge in [-0.1, -0.05) is 0 Å². The average Bonchev–Trinajstić information content (AvgIpc) is 1.98. The number of hydrazine groups is 1. The minimum atomic E-state index is 0.456. The summed E-state index contributed by atoms with van der Waals surface area (Å²) in [7, 11) is 0. The highest BCUT2D eigenvalue weighted by Crippen LogP contribution is 1.81. The van der Waals surface area contributed by atoms with Gasteiger partial charge in [0.25, 0.3) is 0 Å². The second-order valence-electron chi connectivity index (χ2n) is 1.71. The Hall–Kier alpha value is -0.790. The molecular weight excluding hydrogens is 146 g/mol. The fourth-order valence-corrected chi connectivity index (χ4v) is 0.545. The van der Waals surface area contributed by atoms with E-state index in [2.05, 4.69) is 16.7 Å². The molecular formula is C6H11N3S. The Kier molecular flexibility index (Phi) is 5.83. The number of hydrogen-bond donors (Lipinski definition) is 3. The van der Waals surface area contributed by atoms with E-state index in [-0.39, 0.29) is 0 Å². The van der Waals surface area contributed by atoms with Gasteiger partial charge in [0.2, 0.25) is 0 Å². The van der Waals surface area contributed by atoms with Crippen molar-refractivity contribution in [2.75, 3.05) is 6.54 Å². The summed E-state index contributed by atoms with van der Waals surface area (Å²) in [5, 5.41) is 3.32. The molecule has 0 aromatic rings. The number of terminal acetylenes is 1. The third-order valence-corrected chi connectivity index (χ3v) is 1.18. The van der Waals surface area contributed by atoms with E-state index in [1.165, 1.54) is 0 Å². The van der Waals surface area contributed by atoms with Gasteiger partial charge < -0.3 is 10.7 Å². The molecule has 0 fully saturated rings. The molecule has 0 aromatic heterocycles. The molecule has 0 saturated heterocycles. The lowest BCUT2D eigenvalue weighted by Crippen LogP contribution is -2.39. The summed E-state index contributed by atoms with van der Waals surface area (Å²) in [6, 6.07) is 0. The molecule has 0 unspecified atom stereocenters. The van der Waals surface area contributed by atoms with Gasteiger partial charge in [-0.25, -0.2) is 5.84 Å². The van der Waals surface area contributed by atoms with Gasteiger partial charge in [0.1, 0.15) is 0 Å². The largest absolute Gasteiger partial charge is 0.362 e. The monoisotopic (exact) mass is 157 g/mol. The third kappa shape index (κ3) is 5.35. The zero-order chi connectivity index (χ0) is 7.82. The van der Waals surface area contributed by atoms with E-state index in [1.54, 1.807) is 0 Å². The second-order valence-corrected chi connectivity index (χ2v) is 2.12. The highest BCUT2D eigenvalue weighted by Gasteiger charge is 1.87. The highest BCUT2D eigenvalue weighted by molar-refractivity contribution is 7.80. The molecule has 4 heteroatoms. The van der Waals surface area contributed by atoms with Crippen LogP contribution in [0.3, 0.4) is 0 Å². The van der Waals surface area contributed by atoms with E-state index in [0.29, 0.717) is 5.11 Å². The number of nitrogens with two attached hydrogens (primary N) is 1. The van der Waals surface area contributed by atoms with Crippen molar-refractivity contribution >= 4 is 17.3 Å². The topological polar surface area (TPSA) is 50.1 Å². The summed E-state index contributed by atoms with van der Waals surface area (Å²) >= 11 is 4.71. The van der Waals surface area contributed by atoms with Crippen LogP contribution in [0.25, 0.3) is 0 Å². The fourth-order valence-electron chi connectivity index (χ4n) is 0.443. The van der Waals surface area contributed by atoms with Gasteiger partial charge in [-0.2, -0.15) is 0 Å². The lowest BCUT2D eigenvalue weighted by atomic mass is 10.3. The molecule has 0 rings (SSSR count). The smallest absolute Gasteiger partial charge is 0.180 e. The minimum absolute atomic E-state index is 0.456. The van der Waals surface area contributed by atoms with Gasteiger partial charge in [-0.05, 0) is 18.6 Å². The van der Waals surface area contributed by atoms with E-state index in [4.69, 9.17) is 24.5 Å². The summed E-state index contributed by atoms with van der Waals surface area (Å²) in [5.41, 5.74) is 2.31. The Morgan fingerprint density at radius 3 is 2.90 bits per heavy atom. The first-order chi connectivity index (χ1) is 4.81. The maximum Gasteiger partial charge on any atom is 0.180 e. The van der Waals surface area contributed by atoms with E-state index in [1.807, 2.05) is 0 Å². The van der Waals surface area contributed by atoms with Crippen molar-refractivity contribution in [3.05, 3.63) is 0 Å². The molecule has 0 saturated carbocycles. The molecule has 0 atom stereocenters. The van der Waals surface area contributed by atoms with Crippen molar-refractivity contribution < 1.29 is 0 Å².